The number of aromatic amines is 1. The van der Waals surface area contributed by atoms with Crippen molar-refractivity contribution in [3.63, 3.8) is 0 Å². The van der Waals surface area contributed by atoms with Crippen LogP contribution in [0.15, 0.2) is 55.0 Å². The SMILES string of the molecule is c1nc(N2CCOCC2)c2cc(-c3ccc(Nc4ccc(N5CCNCC5)nc4)cc3)[nH]c2n1. The molecule has 2 aliphatic heterocycles. The van der Waals surface area contributed by atoms with Gasteiger partial charge in [-0.15, -0.1) is 0 Å². The summed E-state index contributed by atoms with van der Waals surface area (Å²) in [5.74, 6) is 1.99. The van der Waals surface area contributed by atoms with Crippen LogP contribution in [0.4, 0.5) is 23.0 Å². The van der Waals surface area contributed by atoms with Crippen LogP contribution >= 0.6 is 0 Å². The minimum Gasteiger partial charge on any atom is -0.378 e. The van der Waals surface area contributed by atoms with E-state index < -0.39 is 0 Å². The summed E-state index contributed by atoms with van der Waals surface area (Å²) in [6.45, 7) is 7.15. The maximum atomic E-state index is 5.49. The van der Waals surface area contributed by atoms with Crippen molar-refractivity contribution < 1.29 is 4.74 Å². The molecule has 5 heterocycles. The molecule has 3 aromatic heterocycles. The van der Waals surface area contributed by atoms with Crippen molar-refractivity contribution >= 4 is 34.0 Å². The summed E-state index contributed by atoms with van der Waals surface area (Å²) in [6.07, 6.45) is 3.52. The Morgan fingerprint density at radius 3 is 2.38 bits per heavy atom. The lowest BCUT2D eigenvalue weighted by Gasteiger charge is -2.28. The topological polar surface area (TPSA) is 94.2 Å². The molecule has 0 atom stereocenters. The summed E-state index contributed by atoms with van der Waals surface area (Å²) in [6, 6.07) is 14.7. The highest BCUT2D eigenvalue weighted by Gasteiger charge is 2.17. The Labute approximate surface area is 198 Å². The zero-order valence-electron chi connectivity index (χ0n) is 19.0. The van der Waals surface area contributed by atoms with Crippen molar-refractivity contribution in [2.75, 3.05) is 67.6 Å². The molecule has 4 aromatic rings. The summed E-state index contributed by atoms with van der Waals surface area (Å²) in [4.78, 5) is 21.7. The number of benzene rings is 1. The van der Waals surface area contributed by atoms with E-state index in [1.165, 1.54) is 0 Å². The number of rotatable bonds is 5. The van der Waals surface area contributed by atoms with Gasteiger partial charge in [-0.05, 0) is 35.9 Å². The molecule has 34 heavy (non-hydrogen) atoms. The van der Waals surface area contributed by atoms with Crippen LogP contribution in [0.2, 0.25) is 0 Å². The Kier molecular flexibility index (Phi) is 5.70. The molecule has 0 unspecified atom stereocenters. The fourth-order valence-electron chi connectivity index (χ4n) is 4.55. The summed E-state index contributed by atoms with van der Waals surface area (Å²) < 4.78 is 5.49. The average Bonchev–Trinajstić information content (AvgIpc) is 3.35. The zero-order chi connectivity index (χ0) is 22.7. The van der Waals surface area contributed by atoms with Crippen LogP contribution in [0.25, 0.3) is 22.3 Å². The van der Waals surface area contributed by atoms with Crippen molar-refractivity contribution in [1.29, 1.82) is 0 Å². The van der Waals surface area contributed by atoms with Crippen LogP contribution < -0.4 is 20.4 Å². The third-order valence-electron chi connectivity index (χ3n) is 6.39. The highest BCUT2D eigenvalue weighted by molar-refractivity contribution is 5.92. The third-order valence-corrected chi connectivity index (χ3v) is 6.39. The van der Waals surface area contributed by atoms with E-state index in [0.29, 0.717) is 0 Å². The third kappa shape index (κ3) is 4.27. The van der Waals surface area contributed by atoms with E-state index in [4.69, 9.17) is 4.74 Å². The fourth-order valence-corrected chi connectivity index (χ4v) is 4.55. The first-order valence-corrected chi connectivity index (χ1v) is 11.8. The van der Waals surface area contributed by atoms with Gasteiger partial charge in [0.1, 0.15) is 23.6 Å². The minimum atomic E-state index is 0.727. The number of nitrogens with one attached hydrogen (secondary N) is 3. The number of piperazine rings is 1. The van der Waals surface area contributed by atoms with Gasteiger partial charge in [-0.2, -0.15) is 0 Å². The summed E-state index contributed by atoms with van der Waals surface area (Å²) in [7, 11) is 0. The summed E-state index contributed by atoms with van der Waals surface area (Å²) in [5, 5.41) is 7.86. The highest BCUT2D eigenvalue weighted by atomic mass is 16.5. The maximum Gasteiger partial charge on any atom is 0.143 e. The van der Waals surface area contributed by atoms with Crippen LogP contribution in [0.5, 0.6) is 0 Å². The number of pyridine rings is 1. The van der Waals surface area contributed by atoms with Crippen LogP contribution in [-0.4, -0.2) is 72.4 Å². The van der Waals surface area contributed by atoms with Crippen molar-refractivity contribution in [2.45, 2.75) is 0 Å². The number of aromatic nitrogens is 4. The molecule has 0 radical (unpaired) electrons. The molecule has 0 aliphatic carbocycles. The average molecular weight is 457 g/mol. The molecule has 2 saturated heterocycles. The maximum absolute atomic E-state index is 5.49. The van der Waals surface area contributed by atoms with Crippen LogP contribution in [0.3, 0.4) is 0 Å². The van der Waals surface area contributed by atoms with Gasteiger partial charge >= 0.3 is 0 Å². The number of hydrogen-bond acceptors (Lipinski definition) is 8. The van der Waals surface area contributed by atoms with E-state index in [0.717, 1.165) is 97.8 Å². The first-order chi connectivity index (χ1) is 16.8. The number of fused-ring (bicyclic) bond motifs is 1. The molecule has 0 amide bonds. The van der Waals surface area contributed by atoms with E-state index in [1.54, 1.807) is 6.33 Å². The van der Waals surface area contributed by atoms with Crippen molar-refractivity contribution in [3.8, 4) is 11.3 Å². The standard InChI is InChI=1S/C25H28N8O/c1-3-19(30-20-5-6-23(27-16-20)32-9-7-26-8-10-32)4-2-18(1)22-15-21-24(31-22)28-17-29-25(21)33-11-13-34-14-12-33/h1-6,15-17,26,30H,7-14H2,(H,28,29,31). The Balaban J connectivity index is 1.17. The van der Waals surface area contributed by atoms with E-state index in [1.807, 2.05) is 6.20 Å². The lowest BCUT2D eigenvalue weighted by Crippen LogP contribution is -2.43. The van der Waals surface area contributed by atoms with Crippen LogP contribution in [-0.2, 0) is 4.74 Å². The van der Waals surface area contributed by atoms with E-state index in [9.17, 15) is 0 Å². The van der Waals surface area contributed by atoms with Crippen LogP contribution in [0.1, 0.15) is 0 Å². The van der Waals surface area contributed by atoms with E-state index in [-0.39, 0.29) is 0 Å². The molecule has 1 aromatic carbocycles. The molecule has 9 heteroatoms. The molecule has 0 spiro atoms. The Morgan fingerprint density at radius 1 is 0.824 bits per heavy atom. The first kappa shape index (κ1) is 20.9. The van der Waals surface area contributed by atoms with E-state index in [2.05, 4.69) is 82.8 Å². The monoisotopic (exact) mass is 456 g/mol. The fraction of sp³-hybridized carbons (Fsp3) is 0.320. The summed E-state index contributed by atoms with van der Waals surface area (Å²) in [5.41, 5.74) is 4.97. The van der Waals surface area contributed by atoms with Crippen LogP contribution in [0, 0.1) is 0 Å². The highest BCUT2D eigenvalue weighted by Crippen LogP contribution is 2.30. The number of H-pyrrole nitrogens is 1. The van der Waals surface area contributed by atoms with Gasteiger partial charge in [-0.3, -0.25) is 0 Å². The number of ether oxygens (including phenoxy) is 1. The normalized spacial score (nSPS) is 16.7. The molecule has 3 N–H and O–H groups in total. The van der Waals surface area contributed by atoms with Gasteiger partial charge in [-0.1, -0.05) is 12.1 Å². The van der Waals surface area contributed by atoms with Gasteiger partial charge in [0.25, 0.3) is 0 Å². The predicted molar refractivity (Wildman–Crippen MR) is 135 cm³/mol. The first-order valence-electron chi connectivity index (χ1n) is 11.8. The Hall–Kier alpha value is -3.69. The smallest absolute Gasteiger partial charge is 0.143 e. The second kappa shape index (κ2) is 9.28. The molecule has 9 nitrogen and oxygen atoms in total. The molecule has 6 rings (SSSR count). The molecule has 2 fully saturated rings. The molecular weight excluding hydrogens is 428 g/mol. The van der Waals surface area contributed by atoms with Gasteiger partial charge in [0.15, 0.2) is 0 Å². The lowest BCUT2D eigenvalue weighted by atomic mass is 10.1. The molecule has 0 saturated carbocycles. The molecule has 174 valence electrons. The minimum absolute atomic E-state index is 0.727. The predicted octanol–water partition coefficient (Wildman–Crippen LogP) is 3.01. The van der Waals surface area contributed by atoms with Gasteiger partial charge in [0.05, 0.1) is 30.5 Å². The quantitative estimate of drug-likeness (QED) is 0.422. The van der Waals surface area contributed by atoms with Crippen molar-refractivity contribution in [2.24, 2.45) is 0 Å². The number of anilines is 4. The Bertz CT molecular complexity index is 1240. The lowest BCUT2D eigenvalue weighted by molar-refractivity contribution is 0.122. The molecule has 0 bridgehead atoms. The van der Waals surface area contributed by atoms with Gasteiger partial charge < -0.3 is 30.2 Å². The second-order valence-electron chi connectivity index (χ2n) is 8.59. The second-order valence-corrected chi connectivity index (χ2v) is 8.59. The van der Waals surface area contributed by atoms with E-state index >= 15 is 0 Å². The number of hydrogen-bond donors (Lipinski definition) is 3. The van der Waals surface area contributed by atoms with Gasteiger partial charge in [0.2, 0.25) is 0 Å². The Morgan fingerprint density at radius 2 is 1.62 bits per heavy atom. The number of morpholine rings is 1. The van der Waals surface area contributed by atoms with Gasteiger partial charge in [0, 0.05) is 50.6 Å². The largest absolute Gasteiger partial charge is 0.378 e. The van der Waals surface area contributed by atoms with Crippen molar-refractivity contribution in [3.05, 3.63) is 55.0 Å². The van der Waals surface area contributed by atoms with Crippen molar-refractivity contribution in [1.82, 2.24) is 25.3 Å². The zero-order valence-corrected chi connectivity index (χ0v) is 19.0. The molecule has 2 aliphatic rings. The molecular formula is C25H28N8O. The summed E-state index contributed by atoms with van der Waals surface area (Å²) >= 11 is 0. The number of nitrogens with zero attached hydrogens (tertiary/aromatic N) is 5. The van der Waals surface area contributed by atoms with Gasteiger partial charge in [-0.25, -0.2) is 15.0 Å².